The number of allylic oxidation sites excluding steroid dienone is 1. The highest BCUT2D eigenvalue weighted by atomic mass is 19.1. The maximum Gasteiger partial charge on any atom is 0.225 e. The van der Waals surface area contributed by atoms with Crippen molar-refractivity contribution in [3.63, 3.8) is 0 Å². The zero-order valence-electron chi connectivity index (χ0n) is 11.9. The number of nitrogens with one attached hydrogen (secondary N) is 1. The summed E-state index contributed by atoms with van der Waals surface area (Å²) < 4.78 is 18.4. The molecule has 0 saturated carbocycles. The van der Waals surface area contributed by atoms with Gasteiger partial charge in [0.25, 0.3) is 0 Å². The summed E-state index contributed by atoms with van der Waals surface area (Å²) in [5.41, 5.74) is 1.31. The number of aliphatic hydroxyl groups excluding tert-OH is 1. The highest BCUT2D eigenvalue weighted by Crippen LogP contribution is 2.18. The molecule has 7 heteroatoms. The summed E-state index contributed by atoms with van der Waals surface area (Å²) in [6.45, 7) is 0. The van der Waals surface area contributed by atoms with E-state index in [0.717, 1.165) is 6.08 Å². The van der Waals surface area contributed by atoms with E-state index in [2.05, 4.69) is 15.2 Å². The van der Waals surface area contributed by atoms with Gasteiger partial charge in [0.15, 0.2) is 17.3 Å². The largest absolute Gasteiger partial charge is 0.504 e. The van der Waals surface area contributed by atoms with Crippen molar-refractivity contribution in [3.8, 4) is 0 Å². The number of aromatic nitrogens is 3. The number of H-pyrrole nitrogens is 1. The molecule has 6 nitrogen and oxygen atoms in total. The van der Waals surface area contributed by atoms with Gasteiger partial charge in [-0.3, -0.25) is 9.89 Å². The lowest BCUT2D eigenvalue weighted by Crippen LogP contribution is -2.00. The van der Waals surface area contributed by atoms with Gasteiger partial charge in [0, 0.05) is 18.1 Å². The number of nitrogens with zero attached hydrogens (tertiary/aromatic N) is 2. The zero-order chi connectivity index (χ0) is 16.2. The smallest absolute Gasteiger partial charge is 0.225 e. The maximum atomic E-state index is 13.2. The minimum absolute atomic E-state index is 0.0802. The summed E-state index contributed by atoms with van der Waals surface area (Å²) in [5.74, 6) is -1.05. The maximum absolute atomic E-state index is 13.2. The Labute approximate surface area is 130 Å². The molecule has 0 aliphatic heterocycles. The lowest BCUT2D eigenvalue weighted by Gasteiger charge is -2.01. The van der Waals surface area contributed by atoms with Crippen molar-refractivity contribution in [2.45, 2.75) is 6.42 Å². The lowest BCUT2D eigenvalue weighted by molar-refractivity contribution is 0.102. The molecule has 0 spiro atoms. The van der Waals surface area contributed by atoms with E-state index >= 15 is 0 Å². The average Bonchev–Trinajstić information content (AvgIpc) is 3.18. The first kappa shape index (κ1) is 14.7. The molecule has 0 unspecified atom stereocenters. The molecular weight excluding hydrogens is 301 g/mol. The van der Waals surface area contributed by atoms with Crippen LogP contribution >= 0.6 is 0 Å². The fourth-order valence-corrected chi connectivity index (χ4v) is 2.14. The van der Waals surface area contributed by atoms with Crippen LogP contribution in [0.15, 0.2) is 53.4 Å². The quantitative estimate of drug-likeness (QED) is 0.429. The Hall–Kier alpha value is -3.22. The van der Waals surface area contributed by atoms with E-state index in [9.17, 15) is 14.3 Å². The van der Waals surface area contributed by atoms with Gasteiger partial charge < -0.3 is 9.52 Å². The summed E-state index contributed by atoms with van der Waals surface area (Å²) in [6, 6.07) is 7.73. The number of furan rings is 1. The number of benzene rings is 1. The Balaban J connectivity index is 1.83. The fraction of sp³-hybridized carbons (Fsp3) is 0.0625. The molecule has 0 bridgehead atoms. The summed E-state index contributed by atoms with van der Waals surface area (Å²) in [6.07, 6.45) is 3.92. The van der Waals surface area contributed by atoms with Crippen LogP contribution in [0.25, 0.3) is 5.76 Å². The van der Waals surface area contributed by atoms with Gasteiger partial charge >= 0.3 is 0 Å². The van der Waals surface area contributed by atoms with Crippen molar-refractivity contribution in [1.29, 1.82) is 0 Å². The average molecular weight is 313 g/mol. The Kier molecular flexibility index (Phi) is 4.01. The number of rotatable bonds is 5. The van der Waals surface area contributed by atoms with Crippen molar-refractivity contribution in [2.24, 2.45) is 0 Å². The summed E-state index contributed by atoms with van der Waals surface area (Å²) in [7, 11) is 0. The monoisotopic (exact) mass is 313 g/mol. The van der Waals surface area contributed by atoms with Crippen LogP contribution in [0.2, 0.25) is 0 Å². The molecule has 3 rings (SSSR count). The highest BCUT2D eigenvalue weighted by molar-refractivity contribution is 6.06. The van der Waals surface area contributed by atoms with Crippen molar-refractivity contribution in [1.82, 2.24) is 15.2 Å². The Morgan fingerprint density at radius 2 is 2.26 bits per heavy atom. The minimum atomic E-state index is -0.518. The molecule has 2 aromatic heterocycles. The van der Waals surface area contributed by atoms with Crippen molar-refractivity contribution in [2.75, 3.05) is 0 Å². The molecule has 116 valence electrons. The van der Waals surface area contributed by atoms with Gasteiger partial charge in [-0.15, -0.1) is 0 Å². The molecule has 0 aliphatic rings. The van der Waals surface area contributed by atoms with E-state index in [0.29, 0.717) is 17.5 Å². The summed E-state index contributed by atoms with van der Waals surface area (Å²) >= 11 is 0. The Bertz CT molecular complexity index is 853. The van der Waals surface area contributed by atoms with E-state index in [-0.39, 0.29) is 23.2 Å². The third-order valence-corrected chi connectivity index (χ3v) is 3.18. The molecule has 3 aromatic rings. The van der Waals surface area contributed by atoms with Gasteiger partial charge in [0.05, 0.1) is 6.26 Å². The first-order chi connectivity index (χ1) is 11.1. The molecule has 0 radical (unpaired) electrons. The van der Waals surface area contributed by atoms with Gasteiger partial charge in [-0.2, -0.15) is 5.10 Å². The number of carbonyl (C=O) groups is 1. The third kappa shape index (κ3) is 3.34. The van der Waals surface area contributed by atoms with Crippen LogP contribution in [-0.2, 0) is 6.42 Å². The number of aliphatic hydroxyl groups is 1. The van der Waals surface area contributed by atoms with Crippen molar-refractivity contribution in [3.05, 3.63) is 77.5 Å². The highest BCUT2D eigenvalue weighted by Gasteiger charge is 2.16. The van der Waals surface area contributed by atoms with Crippen LogP contribution in [0, 0.1) is 5.82 Å². The number of carbonyl (C=O) groups excluding carboxylic acids is 1. The Morgan fingerprint density at radius 3 is 3.00 bits per heavy atom. The number of hydrogen-bond donors (Lipinski definition) is 2. The molecule has 2 heterocycles. The normalized spacial score (nSPS) is 11.6. The second-order valence-corrected chi connectivity index (χ2v) is 4.81. The predicted molar refractivity (Wildman–Crippen MR) is 79.2 cm³/mol. The second kappa shape index (κ2) is 6.27. The second-order valence-electron chi connectivity index (χ2n) is 4.81. The molecule has 0 fully saturated rings. The van der Waals surface area contributed by atoms with Gasteiger partial charge in [0.2, 0.25) is 5.78 Å². The topological polar surface area (TPSA) is 92.0 Å². The van der Waals surface area contributed by atoms with Gasteiger partial charge in [-0.25, -0.2) is 9.37 Å². The number of hydrogen-bond acceptors (Lipinski definition) is 5. The summed E-state index contributed by atoms with van der Waals surface area (Å²) in [5, 5.41) is 15.8. The van der Waals surface area contributed by atoms with Crippen molar-refractivity contribution >= 4 is 11.5 Å². The van der Waals surface area contributed by atoms with Gasteiger partial charge in [0.1, 0.15) is 12.1 Å². The minimum Gasteiger partial charge on any atom is -0.504 e. The molecule has 23 heavy (non-hydrogen) atoms. The van der Waals surface area contributed by atoms with Crippen LogP contribution in [-0.4, -0.2) is 26.1 Å². The van der Waals surface area contributed by atoms with E-state index in [1.807, 2.05) is 0 Å². The third-order valence-electron chi connectivity index (χ3n) is 3.18. The summed E-state index contributed by atoms with van der Waals surface area (Å²) in [4.78, 5) is 16.0. The number of ketones is 1. The first-order valence-corrected chi connectivity index (χ1v) is 6.75. The van der Waals surface area contributed by atoms with Crippen LogP contribution in [0.5, 0.6) is 0 Å². The molecule has 1 aromatic carbocycles. The SMILES string of the molecule is O=C(C=C(O)c1ncn[nH]1)c1occc1Cc1cccc(F)c1. The van der Waals surface area contributed by atoms with Crippen LogP contribution in [0.3, 0.4) is 0 Å². The van der Waals surface area contributed by atoms with E-state index in [1.165, 1.54) is 24.7 Å². The Morgan fingerprint density at radius 1 is 1.39 bits per heavy atom. The predicted octanol–water partition coefficient (Wildman–Crippen LogP) is 2.91. The standard InChI is InChI=1S/C16H12FN3O3/c17-12-3-1-2-10(7-12)6-11-4-5-23-15(11)13(21)8-14(22)16-18-9-19-20-16/h1-5,7-9,22H,6H2,(H,18,19,20). The lowest BCUT2D eigenvalue weighted by atomic mass is 10.0. The van der Waals surface area contributed by atoms with Crippen LogP contribution < -0.4 is 0 Å². The zero-order valence-corrected chi connectivity index (χ0v) is 11.9. The van der Waals surface area contributed by atoms with E-state index in [4.69, 9.17) is 4.42 Å². The number of halogens is 1. The first-order valence-electron chi connectivity index (χ1n) is 6.75. The van der Waals surface area contributed by atoms with Crippen LogP contribution in [0.4, 0.5) is 4.39 Å². The van der Waals surface area contributed by atoms with Crippen LogP contribution in [0.1, 0.15) is 27.5 Å². The molecule has 0 saturated heterocycles. The number of aromatic amines is 1. The molecule has 0 atom stereocenters. The molecule has 2 N–H and O–H groups in total. The van der Waals surface area contributed by atoms with E-state index < -0.39 is 5.78 Å². The molecule has 0 aliphatic carbocycles. The van der Waals surface area contributed by atoms with Gasteiger partial charge in [-0.1, -0.05) is 12.1 Å². The van der Waals surface area contributed by atoms with Gasteiger partial charge in [-0.05, 0) is 23.8 Å². The fourth-order valence-electron chi connectivity index (χ4n) is 2.14. The molecular formula is C16H12FN3O3. The van der Waals surface area contributed by atoms with E-state index in [1.54, 1.807) is 18.2 Å². The van der Waals surface area contributed by atoms with Crippen molar-refractivity contribution < 1.29 is 18.7 Å². The molecule has 0 amide bonds.